The van der Waals surface area contributed by atoms with E-state index in [0.717, 1.165) is 26.0 Å². The van der Waals surface area contributed by atoms with Crippen LogP contribution in [0.3, 0.4) is 0 Å². The first-order chi connectivity index (χ1) is 9.01. The second kappa shape index (κ2) is 5.90. The molecule has 0 saturated heterocycles. The molecule has 0 bridgehead atoms. The van der Waals surface area contributed by atoms with Gasteiger partial charge in [-0.15, -0.1) is 11.3 Å². The van der Waals surface area contributed by atoms with Gasteiger partial charge in [-0.2, -0.15) is 0 Å². The minimum Gasteiger partial charge on any atom is -0.368 e. The molecule has 0 amide bonds. The predicted molar refractivity (Wildman–Crippen MR) is 80.4 cm³/mol. The van der Waals surface area contributed by atoms with E-state index in [0.29, 0.717) is 5.41 Å². The summed E-state index contributed by atoms with van der Waals surface area (Å²) in [5.41, 5.74) is 0.326. The molecule has 3 nitrogen and oxygen atoms in total. The Labute approximate surface area is 120 Å². The van der Waals surface area contributed by atoms with E-state index < -0.39 is 0 Å². The zero-order valence-electron chi connectivity index (χ0n) is 12.6. The van der Waals surface area contributed by atoms with Crippen LogP contribution in [0.15, 0.2) is 6.20 Å². The first-order valence-electron chi connectivity index (χ1n) is 7.25. The van der Waals surface area contributed by atoms with Crippen molar-refractivity contribution in [3.05, 3.63) is 16.1 Å². The first-order valence-corrected chi connectivity index (χ1v) is 8.07. The van der Waals surface area contributed by atoms with Crippen molar-refractivity contribution in [1.29, 1.82) is 0 Å². The summed E-state index contributed by atoms with van der Waals surface area (Å²) in [6, 6.07) is 0. The largest absolute Gasteiger partial charge is 0.368 e. The van der Waals surface area contributed by atoms with Crippen molar-refractivity contribution >= 4 is 11.3 Å². The van der Waals surface area contributed by atoms with E-state index in [1.807, 2.05) is 13.2 Å². The van der Waals surface area contributed by atoms with Crippen LogP contribution in [0.2, 0.25) is 0 Å². The smallest absolute Gasteiger partial charge is 0.125 e. The van der Waals surface area contributed by atoms with E-state index in [9.17, 15) is 0 Å². The van der Waals surface area contributed by atoms with Crippen LogP contribution in [0.5, 0.6) is 0 Å². The molecular formula is C15H26N2OS. The van der Waals surface area contributed by atoms with Crippen molar-refractivity contribution in [2.45, 2.75) is 58.6 Å². The Morgan fingerprint density at radius 3 is 2.58 bits per heavy atom. The standard InChI is InChI=1S/C15H26N2OS/c1-5-18-15(8-6-14(2,3)7-9-15)13-17-11-12(19-13)10-16-4/h11,16H,5-10H2,1-4H3. The summed E-state index contributed by atoms with van der Waals surface area (Å²) < 4.78 is 6.17. The lowest BCUT2D eigenvalue weighted by molar-refractivity contribution is -0.0890. The molecule has 1 aromatic rings. The number of hydrogen-bond acceptors (Lipinski definition) is 4. The fourth-order valence-electron chi connectivity index (χ4n) is 2.80. The highest BCUT2D eigenvalue weighted by atomic mass is 32.1. The lowest BCUT2D eigenvalue weighted by Gasteiger charge is -2.42. The Hall–Kier alpha value is -0.450. The zero-order chi connectivity index (χ0) is 13.9. The van der Waals surface area contributed by atoms with Crippen molar-refractivity contribution in [2.24, 2.45) is 5.41 Å². The number of nitrogens with one attached hydrogen (secondary N) is 1. The monoisotopic (exact) mass is 282 g/mol. The van der Waals surface area contributed by atoms with Gasteiger partial charge in [-0.25, -0.2) is 4.98 Å². The highest BCUT2D eigenvalue weighted by Gasteiger charge is 2.42. The van der Waals surface area contributed by atoms with Crippen molar-refractivity contribution in [3.8, 4) is 0 Å². The maximum Gasteiger partial charge on any atom is 0.125 e. The molecule has 108 valence electrons. The zero-order valence-corrected chi connectivity index (χ0v) is 13.4. The van der Waals surface area contributed by atoms with Gasteiger partial charge >= 0.3 is 0 Å². The van der Waals surface area contributed by atoms with Gasteiger partial charge in [-0.05, 0) is 45.1 Å². The fraction of sp³-hybridized carbons (Fsp3) is 0.800. The fourth-order valence-corrected chi connectivity index (χ4v) is 3.93. The average Bonchev–Trinajstić information content (AvgIpc) is 2.82. The summed E-state index contributed by atoms with van der Waals surface area (Å²) in [5, 5.41) is 4.36. The van der Waals surface area contributed by atoms with Gasteiger partial charge in [0.25, 0.3) is 0 Å². The number of thiazole rings is 1. The summed E-state index contributed by atoms with van der Waals surface area (Å²) in [6.45, 7) is 8.46. The number of ether oxygens (including phenoxy) is 1. The van der Waals surface area contributed by atoms with Gasteiger partial charge in [0.15, 0.2) is 0 Å². The lowest BCUT2D eigenvalue weighted by Crippen LogP contribution is -2.37. The van der Waals surface area contributed by atoms with E-state index in [1.54, 1.807) is 11.3 Å². The van der Waals surface area contributed by atoms with Gasteiger partial charge in [0.2, 0.25) is 0 Å². The quantitative estimate of drug-likeness (QED) is 0.894. The minimum atomic E-state index is -0.124. The van der Waals surface area contributed by atoms with E-state index in [1.165, 1.54) is 22.7 Å². The van der Waals surface area contributed by atoms with Crippen molar-refractivity contribution in [1.82, 2.24) is 10.3 Å². The number of aromatic nitrogens is 1. The van der Waals surface area contributed by atoms with E-state index in [4.69, 9.17) is 4.74 Å². The molecular weight excluding hydrogens is 256 g/mol. The van der Waals surface area contributed by atoms with E-state index >= 15 is 0 Å². The third-order valence-corrected chi connectivity index (χ3v) is 5.31. The summed E-state index contributed by atoms with van der Waals surface area (Å²) in [7, 11) is 1.97. The molecule has 0 unspecified atom stereocenters. The maximum absolute atomic E-state index is 6.17. The van der Waals surface area contributed by atoms with Gasteiger partial charge < -0.3 is 10.1 Å². The van der Waals surface area contributed by atoms with E-state index in [2.05, 4.69) is 31.1 Å². The summed E-state index contributed by atoms with van der Waals surface area (Å²) in [6.07, 6.45) is 6.62. The molecule has 1 aromatic heterocycles. The molecule has 2 rings (SSSR count). The van der Waals surface area contributed by atoms with Gasteiger partial charge in [-0.3, -0.25) is 0 Å². The minimum absolute atomic E-state index is 0.124. The normalized spacial score (nSPS) is 21.5. The van der Waals surface area contributed by atoms with Crippen molar-refractivity contribution in [2.75, 3.05) is 13.7 Å². The second-order valence-electron chi connectivity index (χ2n) is 6.25. The van der Waals surface area contributed by atoms with Crippen LogP contribution in [-0.2, 0) is 16.9 Å². The molecule has 1 fully saturated rings. The van der Waals surface area contributed by atoms with Crippen LogP contribution < -0.4 is 5.32 Å². The van der Waals surface area contributed by atoms with Gasteiger partial charge in [0.1, 0.15) is 10.6 Å². The second-order valence-corrected chi connectivity index (χ2v) is 7.37. The molecule has 0 atom stereocenters. The number of nitrogens with zero attached hydrogens (tertiary/aromatic N) is 1. The third kappa shape index (κ3) is 3.36. The Balaban J connectivity index is 2.19. The summed E-state index contributed by atoms with van der Waals surface area (Å²) in [5.74, 6) is 0. The topological polar surface area (TPSA) is 34.1 Å². The van der Waals surface area contributed by atoms with Crippen LogP contribution in [0.1, 0.15) is 56.3 Å². The van der Waals surface area contributed by atoms with E-state index in [-0.39, 0.29) is 5.60 Å². The lowest BCUT2D eigenvalue weighted by atomic mass is 9.71. The highest BCUT2D eigenvalue weighted by molar-refractivity contribution is 7.11. The van der Waals surface area contributed by atoms with Gasteiger partial charge in [0.05, 0.1) is 0 Å². The van der Waals surface area contributed by atoms with Crippen LogP contribution in [0.25, 0.3) is 0 Å². The molecule has 4 heteroatoms. The molecule has 1 aliphatic rings. The van der Waals surface area contributed by atoms with Crippen LogP contribution >= 0.6 is 11.3 Å². The molecule has 1 heterocycles. The van der Waals surface area contributed by atoms with Crippen molar-refractivity contribution < 1.29 is 4.74 Å². The van der Waals surface area contributed by atoms with Crippen LogP contribution in [-0.4, -0.2) is 18.6 Å². The SMILES string of the molecule is CCOC1(c2ncc(CNC)s2)CCC(C)(C)CC1. The highest BCUT2D eigenvalue weighted by Crippen LogP contribution is 2.48. The Morgan fingerprint density at radius 2 is 2.00 bits per heavy atom. The molecule has 0 spiro atoms. The molecule has 1 aliphatic carbocycles. The Morgan fingerprint density at radius 1 is 1.32 bits per heavy atom. The molecule has 1 N–H and O–H groups in total. The summed E-state index contributed by atoms with van der Waals surface area (Å²) in [4.78, 5) is 5.94. The van der Waals surface area contributed by atoms with Gasteiger partial charge in [-0.1, -0.05) is 13.8 Å². The van der Waals surface area contributed by atoms with Crippen LogP contribution in [0.4, 0.5) is 0 Å². The molecule has 0 radical (unpaired) electrons. The molecule has 19 heavy (non-hydrogen) atoms. The number of rotatable bonds is 5. The Bertz CT molecular complexity index is 404. The Kier molecular flexibility index (Phi) is 4.64. The molecule has 0 aromatic carbocycles. The third-order valence-electron chi connectivity index (χ3n) is 4.13. The maximum atomic E-state index is 6.17. The van der Waals surface area contributed by atoms with Crippen molar-refractivity contribution in [3.63, 3.8) is 0 Å². The molecule has 1 saturated carbocycles. The first kappa shape index (κ1) is 14.9. The average molecular weight is 282 g/mol. The molecule has 0 aliphatic heterocycles. The van der Waals surface area contributed by atoms with Crippen LogP contribution in [0, 0.1) is 5.41 Å². The number of hydrogen-bond donors (Lipinski definition) is 1. The predicted octanol–water partition coefficient (Wildman–Crippen LogP) is 3.69. The van der Waals surface area contributed by atoms with Gasteiger partial charge in [0, 0.05) is 24.2 Å². The summed E-state index contributed by atoms with van der Waals surface area (Å²) >= 11 is 1.80.